The summed E-state index contributed by atoms with van der Waals surface area (Å²) in [7, 11) is 0. The highest BCUT2D eigenvalue weighted by molar-refractivity contribution is 6.06. The van der Waals surface area contributed by atoms with Crippen molar-refractivity contribution in [1.29, 1.82) is 5.26 Å². The topological polar surface area (TPSA) is 56.6 Å². The Morgan fingerprint density at radius 2 is 2.21 bits per heavy atom. The Hall–Kier alpha value is -2.08. The van der Waals surface area contributed by atoms with E-state index in [0.717, 1.165) is 10.9 Å². The highest BCUT2D eigenvalue weighted by atomic mass is 16.1. The van der Waals surface area contributed by atoms with Crippen molar-refractivity contribution in [2.45, 2.75) is 6.92 Å². The molecule has 68 valence electrons. The van der Waals surface area contributed by atoms with Crippen molar-refractivity contribution < 1.29 is 4.79 Å². The van der Waals surface area contributed by atoms with Crippen LogP contribution < -0.4 is 0 Å². The minimum atomic E-state index is 0.00180. The van der Waals surface area contributed by atoms with Crippen LogP contribution in [0.4, 0.5) is 0 Å². The Morgan fingerprint density at radius 1 is 1.43 bits per heavy atom. The number of aromatic nitrogens is 1. The van der Waals surface area contributed by atoms with Gasteiger partial charge in [0.2, 0.25) is 0 Å². The molecule has 2 aromatic rings. The van der Waals surface area contributed by atoms with Gasteiger partial charge in [0.15, 0.2) is 5.78 Å². The number of hydrogen-bond acceptors (Lipinski definition) is 2. The first-order valence-corrected chi connectivity index (χ1v) is 4.25. The summed E-state index contributed by atoms with van der Waals surface area (Å²) in [6.45, 7) is 1.52. The molecular weight excluding hydrogens is 176 g/mol. The molecule has 0 aliphatic heterocycles. The van der Waals surface area contributed by atoms with Crippen LogP contribution in [0.1, 0.15) is 22.8 Å². The average Bonchev–Trinajstić information content (AvgIpc) is 2.64. The van der Waals surface area contributed by atoms with Crippen LogP contribution in [0.5, 0.6) is 0 Å². The summed E-state index contributed by atoms with van der Waals surface area (Å²) in [5, 5.41) is 9.64. The average molecular weight is 184 g/mol. The zero-order chi connectivity index (χ0) is 10.1. The van der Waals surface area contributed by atoms with Gasteiger partial charge in [-0.1, -0.05) is 0 Å². The van der Waals surface area contributed by atoms with Gasteiger partial charge < -0.3 is 4.98 Å². The number of fused-ring (bicyclic) bond motifs is 1. The molecule has 1 N–H and O–H groups in total. The Labute approximate surface area is 81.0 Å². The Balaban J connectivity index is 2.87. The van der Waals surface area contributed by atoms with Crippen LogP contribution in [0.15, 0.2) is 24.4 Å². The van der Waals surface area contributed by atoms with Crippen LogP contribution in [0, 0.1) is 11.3 Å². The summed E-state index contributed by atoms with van der Waals surface area (Å²) in [5.41, 5.74) is 1.96. The number of carbonyl (C=O) groups is 1. The molecule has 0 saturated carbocycles. The van der Waals surface area contributed by atoms with Gasteiger partial charge in [-0.3, -0.25) is 4.79 Å². The molecule has 0 unspecified atom stereocenters. The number of carbonyl (C=O) groups excluding carboxylic acids is 1. The van der Waals surface area contributed by atoms with Crippen LogP contribution in [0.3, 0.4) is 0 Å². The quantitative estimate of drug-likeness (QED) is 0.691. The SMILES string of the molecule is CC(=O)c1ccc(C#N)c2cc[nH]c12. The molecular formula is C11H8N2O. The van der Waals surface area contributed by atoms with Crippen LogP contribution in [-0.4, -0.2) is 10.8 Å². The molecule has 1 aromatic heterocycles. The molecule has 0 atom stereocenters. The summed E-state index contributed by atoms with van der Waals surface area (Å²) in [4.78, 5) is 14.2. The van der Waals surface area contributed by atoms with Gasteiger partial charge in [0.1, 0.15) is 0 Å². The number of rotatable bonds is 1. The summed E-state index contributed by atoms with van der Waals surface area (Å²) >= 11 is 0. The molecule has 0 spiro atoms. The molecule has 0 amide bonds. The molecule has 0 saturated heterocycles. The molecule has 0 bridgehead atoms. The van der Waals surface area contributed by atoms with Gasteiger partial charge >= 0.3 is 0 Å². The Morgan fingerprint density at radius 3 is 2.86 bits per heavy atom. The first-order chi connectivity index (χ1) is 6.74. The summed E-state index contributed by atoms with van der Waals surface area (Å²) in [6.07, 6.45) is 1.73. The van der Waals surface area contributed by atoms with Gasteiger partial charge in [-0.05, 0) is 25.1 Å². The van der Waals surface area contributed by atoms with Crippen LogP contribution >= 0.6 is 0 Å². The molecule has 1 heterocycles. The first-order valence-electron chi connectivity index (χ1n) is 4.25. The predicted molar refractivity (Wildman–Crippen MR) is 53.0 cm³/mol. The van der Waals surface area contributed by atoms with Gasteiger partial charge in [-0.25, -0.2) is 0 Å². The van der Waals surface area contributed by atoms with Crippen LogP contribution in [-0.2, 0) is 0 Å². The van der Waals surface area contributed by atoms with E-state index in [2.05, 4.69) is 11.1 Å². The number of hydrogen-bond donors (Lipinski definition) is 1. The van der Waals surface area contributed by atoms with E-state index in [0.29, 0.717) is 11.1 Å². The normalized spacial score (nSPS) is 10.0. The van der Waals surface area contributed by atoms with E-state index in [1.54, 1.807) is 24.4 Å². The summed E-state index contributed by atoms with van der Waals surface area (Å²) in [6, 6.07) is 7.25. The molecule has 3 nitrogen and oxygen atoms in total. The van der Waals surface area contributed by atoms with E-state index in [9.17, 15) is 4.79 Å². The maximum Gasteiger partial charge on any atom is 0.161 e. The second-order valence-corrected chi connectivity index (χ2v) is 3.10. The highest BCUT2D eigenvalue weighted by Crippen LogP contribution is 2.21. The second kappa shape index (κ2) is 3.00. The van der Waals surface area contributed by atoms with Crippen molar-refractivity contribution in [2.75, 3.05) is 0 Å². The smallest absolute Gasteiger partial charge is 0.161 e. The molecule has 14 heavy (non-hydrogen) atoms. The monoisotopic (exact) mass is 184 g/mol. The number of ketones is 1. The lowest BCUT2D eigenvalue weighted by Gasteiger charge is -1.99. The number of nitriles is 1. The molecule has 0 fully saturated rings. The summed E-state index contributed by atoms with van der Waals surface area (Å²) in [5.74, 6) is 0.00180. The fraction of sp³-hybridized carbons (Fsp3) is 0.0909. The van der Waals surface area contributed by atoms with E-state index in [4.69, 9.17) is 5.26 Å². The number of aromatic amines is 1. The number of nitrogens with zero attached hydrogens (tertiary/aromatic N) is 1. The van der Waals surface area contributed by atoms with Crippen LogP contribution in [0.2, 0.25) is 0 Å². The van der Waals surface area contributed by atoms with E-state index in [1.165, 1.54) is 6.92 Å². The van der Waals surface area contributed by atoms with E-state index in [-0.39, 0.29) is 5.78 Å². The third-order valence-corrected chi connectivity index (χ3v) is 2.22. The number of nitrogens with one attached hydrogen (secondary N) is 1. The lowest BCUT2D eigenvalue weighted by Crippen LogP contribution is -1.94. The lowest BCUT2D eigenvalue weighted by atomic mass is 10.0. The third-order valence-electron chi connectivity index (χ3n) is 2.22. The van der Waals surface area contributed by atoms with Gasteiger partial charge in [0.25, 0.3) is 0 Å². The molecule has 1 aromatic carbocycles. The van der Waals surface area contributed by atoms with Gasteiger partial charge in [0.05, 0.1) is 17.1 Å². The first kappa shape index (κ1) is 8.52. The Kier molecular flexibility index (Phi) is 1.83. The second-order valence-electron chi connectivity index (χ2n) is 3.10. The minimum absolute atomic E-state index is 0.00180. The molecule has 2 rings (SSSR count). The van der Waals surface area contributed by atoms with E-state index >= 15 is 0 Å². The van der Waals surface area contributed by atoms with Crippen molar-refractivity contribution >= 4 is 16.7 Å². The fourth-order valence-corrected chi connectivity index (χ4v) is 1.55. The lowest BCUT2D eigenvalue weighted by molar-refractivity contribution is 0.101. The zero-order valence-corrected chi connectivity index (χ0v) is 7.66. The molecule has 0 aliphatic carbocycles. The van der Waals surface area contributed by atoms with Crippen molar-refractivity contribution in [3.8, 4) is 6.07 Å². The molecule has 0 radical (unpaired) electrons. The summed E-state index contributed by atoms with van der Waals surface area (Å²) < 4.78 is 0. The Bertz CT molecular complexity index is 546. The third kappa shape index (κ3) is 1.09. The van der Waals surface area contributed by atoms with Crippen molar-refractivity contribution in [3.63, 3.8) is 0 Å². The number of Topliss-reactive ketones (excluding diaryl/α,β-unsaturated/α-hetero) is 1. The van der Waals surface area contributed by atoms with E-state index < -0.39 is 0 Å². The van der Waals surface area contributed by atoms with Gasteiger partial charge in [0, 0.05) is 17.1 Å². The van der Waals surface area contributed by atoms with E-state index in [1.807, 2.05) is 0 Å². The maximum atomic E-state index is 11.3. The standard InChI is InChI=1S/C11H8N2O/c1-7(14)9-3-2-8(6-12)10-4-5-13-11(9)10/h2-5,13H,1H3. The van der Waals surface area contributed by atoms with Crippen LogP contribution in [0.25, 0.3) is 10.9 Å². The van der Waals surface area contributed by atoms with Crippen molar-refractivity contribution in [1.82, 2.24) is 4.98 Å². The van der Waals surface area contributed by atoms with Crippen molar-refractivity contribution in [2.24, 2.45) is 0 Å². The number of benzene rings is 1. The van der Waals surface area contributed by atoms with Crippen molar-refractivity contribution in [3.05, 3.63) is 35.5 Å². The largest absolute Gasteiger partial charge is 0.361 e. The predicted octanol–water partition coefficient (Wildman–Crippen LogP) is 2.24. The minimum Gasteiger partial charge on any atom is -0.361 e. The maximum absolute atomic E-state index is 11.3. The molecule has 3 heteroatoms. The van der Waals surface area contributed by atoms with Gasteiger partial charge in [-0.15, -0.1) is 0 Å². The number of H-pyrrole nitrogens is 1. The highest BCUT2D eigenvalue weighted by Gasteiger charge is 2.09. The van der Waals surface area contributed by atoms with Gasteiger partial charge in [-0.2, -0.15) is 5.26 Å². The fourth-order valence-electron chi connectivity index (χ4n) is 1.55. The zero-order valence-electron chi connectivity index (χ0n) is 7.66. The molecule has 0 aliphatic rings.